The summed E-state index contributed by atoms with van der Waals surface area (Å²) in [6, 6.07) is 3.56. The number of carbonyl (C=O) groups is 1. The first-order chi connectivity index (χ1) is 8.19. The van der Waals surface area contributed by atoms with Crippen molar-refractivity contribution in [3.8, 4) is 0 Å². The van der Waals surface area contributed by atoms with Crippen LogP contribution in [0.3, 0.4) is 0 Å². The molecule has 2 rings (SSSR count). The van der Waals surface area contributed by atoms with E-state index in [0.717, 1.165) is 12.8 Å². The van der Waals surface area contributed by atoms with Gasteiger partial charge in [0.05, 0.1) is 0 Å². The molecule has 0 aromatic carbocycles. The smallest absolute Gasteiger partial charge is 0.270 e. The van der Waals surface area contributed by atoms with Gasteiger partial charge in [-0.05, 0) is 37.7 Å². The van der Waals surface area contributed by atoms with E-state index in [-0.39, 0.29) is 11.9 Å². The molecular weight excluding hydrogens is 234 g/mol. The summed E-state index contributed by atoms with van der Waals surface area (Å²) in [5.74, 6) is -0.121. The fourth-order valence-corrected chi connectivity index (χ4v) is 2.91. The Balaban J connectivity index is 1.94. The summed E-state index contributed by atoms with van der Waals surface area (Å²) in [6.45, 7) is 0. The Bertz CT molecular complexity index is 410. The number of nitrogens with zero attached hydrogens (tertiary/aromatic N) is 1. The molecule has 0 radical (unpaired) electrons. The molecule has 4 nitrogen and oxygen atoms in total. The van der Waals surface area contributed by atoms with Crippen molar-refractivity contribution >= 4 is 23.4 Å². The molecule has 1 aromatic rings. The highest BCUT2D eigenvalue weighted by atomic mass is 32.2. The zero-order chi connectivity index (χ0) is 12.3. The second kappa shape index (κ2) is 5.40. The maximum atomic E-state index is 11.9. The molecule has 1 fully saturated rings. The van der Waals surface area contributed by atoms with E-state index in [1.807, 2.05) is 11.8 Å². The molecule has 0 spiro atoms. The summed E-state index contributed by atoms with van der Waals surface area (Å²) in [5.41, 5.74) is 6.59. The third kappa shape index (κ3) is 3.12. The van der Waals surface area contributed by atoms with E-state index in [4.69, 9.17) is 5.73 Å². The highest BCUT2D eigenvalue weighted by Gasteiger charge is 2.25. The Kier molecular flexibility index (Phi) is 3.89. The van der Waals surface area contributed by atoms with Gasteiger partial charge in [-0.3, -0.25) is 9.78 Å². The molecule has 1 saturated carbocycles. The third-order valence-electron chi connectivity index (χ3n) is 3.07. The van der Waals surface area contributed by atoms with Crippen LogP contribution in [0.15, 0.2) is 18.3 Å². The fraction of sp³-hybridized carbons (Fsp3) is 0.500. The topological polar surface area (TPSA) is 68.0 Å². The van der Waals surface area contributed by atoms with Gasteiger partial charge in [-0.1, -0.05) is 0 Å². The highest BCUT2D eigenvalue weighted by molar-refractivity contribution is 7.99. The summed E-state index contributed by atoms with van der Waals surface area (Å²) in [4.78, 5) is 15.9. The van der Waals surface area contributed by atoms with Gasteiger partial charge in [-0.2, -0.15) is 11.8 Å². The third-order valence-corrected chi connectivity index (χ3v) is 4.16. The molecule has 1 heterocycles. The predicted octanol–water partition coefficient (Wildman–Crippen LogP) is 1.68. The fourth-order valence-electron chi connectivity index (χ4n) is 2.12. The Morgan fingerprint density at radius 3 is 3.06 bits per heavy atom. The van der Waals surface area contributed by atoms with Gasteiger partial charge in [0, 0.05) is 23.2 Å². The summed E-state index contributed by atoms with van der Waals surface area (Å²) in [6.07, 6.45) is 6.96. The number of nitrogens with one attached hydrogen (secondary N) is 1. The van der Waals surface area contributed by atoms with Crippen LogP contribution in [0.2, 0.25) is 0 Å². The van der Waals surface area contributed by atoms with Crippen LogP contribution in [0.25, 0.3) is 0 Å². The van der Waals surface area contributed by atoms with Crippen LogP contribution in [-0.4, -0.2) is 28.4 Å². The first kappa shape index (κ1) is 12.2. The van der Waals surface area contributed by atoms with E-state index in [9.17, 15) is 4.79 Å². The van der Waals surface area contributed by atoms with Gasteiger partial charge in [-0.15, -0.1) is 0 Å². The Hall–Kier alpha value is -1.23. The zero-order valence-electron chi connectivity index (χ0n) is 9.85. The summed E-state index contributed by atoms with van der Waals surface area (Å²) in [5, 5.41) is 3.69. The normalized spacial score (nSPS) is 23.6. The maximum Gasteiger partial charge on any atom is 0.270 e. The van der Waals surface area contributed by atoms with Gasteiger partial charge in [-0.25, -0.2) is 0 Å². The standard InChI is InChI=1S/C12H17N3OS/c1-17-10-3-2-9(7-10)15-12(16)11-6-8(13)4-5-14-11/h4-6,9-10H,2-3,7H2,1H3,(H2,13,14)(H,15,16). The molecule has 17 heavy (non-hydrogen) atoms. The number of nitrogen functional groups attached to an aromatic ring is 1. The Morgan fingerprint density at radius 1 is 1.59 bits per heavy atom. The van der Waals surface area contributed by atoms with Crippen molar-refractivity contribution < 1.29 is 4.79 Å². The molecule has 2 unspecified atom stereocenters. The van der Waals surface area contributed by atoms with Crippen molar-refractivity contribution in [3.05, 3.63) is 24.0 Å². The van der Waals surface area contributed by atoms with Gasteiger partial charge in [0.2, 0.25) is 0 Å². The largest absolute Gasteiger partial charge is 0.399 e. The minimum atomic E-state index is -0.121. The number of nitrogens with two attached hydrogens (primary N) is 1. The van der Waals surface area contributed by atoms with E-state index in [0.29, 0.717) is 16.6 Å². The molecule has 3 N–H and O–H groups in total. The number of anilines is 1. The van der Waals surface area contributed by atoms with Gasteiger partial charge in [0.15, 0.2) is 0 Å². The van der Waals surface area contributed by atoms with Gasteiger partial charge < -0.3 is 11.1 Å². The first-order valence-corrected chi connectivity index (χ1v) is 7.03. The summed E-state index contributed by atoms with van der Waals surface area (Å²) in [7, 11) is 0. The zero-order valence-corrected chi connectivity index (χ0v) is 10.7. The molecule has 0 aliphatic heterocycles. The molecule has 1 aliphatic carbocycles. The monoisotopic (exact) mass is 251 g/mol. The molecule has 1 amide bonds. The van der Waals surface area contributed by atoms with Crippen molar-refractivity contribution in [2.24, 2.45) is 0 Å². The lowest BCUT2D eigenvalue weighted by molar-refractivity contribution is 0.0933. The number of hydrogen-bond donors (Lipinski definition) is 2. The first-order valence-electron chi connectivity index (χ1n) is 5.74. The number of aromatic nitrogens is 1. The van der Waals surface area contributed by atoms with E-state index in [2.05, 4.69) is 16.6 Å². The van der Waals surface area contributed by atoms with Crippen molar-refractivity contribution in [3.63, 3.8) is 0 Å². The molecule has 0 saturated heterocycles. The lowest BCUT2D eigenvalue weighted by Crippen LogP contribution is -2.33. The number of rotatable bonds is 3. The minimum Gasteiger partial charge on any atom is -0.399 e. The van der Waals surface area contributed by atoms with Crippen LogP contribution in [0.1, 0.15) is 29.8 Å². The summed E-state index contributed by atoms with van der Waals surface area (Å²) >= 11 is 1.87. The minimum absolute atomic E-state index is 0.121. The lowest BCUT2D eigenvalue weighted by atomic mass is 10.2. The Morgan fingerprint density at radius 2 is 2.41 bits per heavy atom. The van der Waals surface area contributed by atoms with Gasteiger partial charge in [0.25, 0.3) is 5.91 Å². The maximum absolute atomic E-state index is 11.9. The SMILES string of the molecule is CSC1CCC(NC(=O)c2cc(N)ccn2)C1. The van der Waals surface area contributed by atoms with E-state index in [1.165, 1.54) is 6.42 Å². The van der Waals surface area contributed by atoms with Gasteiger partial charge >= 0.3 is 0 Å². The predicted molar refractivity (Wildman–Crippen MR) is 71.1 cm³/mol. The van der Waals surface area contributed by atoms with E-state index < -0.39 is 0 Å². The molecule has 1 aromatic heterocycles. The average molecular weight is 251 g/mol. The van der Waals surface area contributed by atoms with Crippen molar-refractivity contribution in [2.75, 3.05) is 12.0 Å². The van der Waals surface area contributed by atoms with E-state index in [1.54, 1.807) is 18.3 Å². The van der Waals surface area contributed by atoms with Crippen LogP contribution in [0.4, 0.5) is 5.69 Å². The number of amides is 1. The quantitative estimate of drug-likeness (QED) is 0.857. The summed E-state index contributed by atoms with van der Waals surface area (Å²) < 4.78 is 0. The number of thioether (sulfide) groups is 1. The van der Waals surface area contributed by atoms with Crippen LogP contribution in [0, 0.1) is 0 Å². The van der Waals surface area contributed by atoms with Gasteiger partial charge in [0.1, 0.15) is 5.69 Å². The van der Waals surface area contributed by atoms with Crippen molar-refractivity contribution in [2.45, 2.75) is 30.6 Å². The number of carbonyl (C=O) groups excluding carboxylic acids is 1. The van der Waals surface area contributed by atoms with Crippen LogP contribution >= 0.6 is 11.8 Å². The molecule has 2 atom stereocenters. The molecule has 0 bridgehead atoms. The van der Waals surface area contributed by atoms with Crippen LogP contribution in [0.5, 0.6) is 0 Å². The number of hydrogen-bond acceptors (Lipinski definition) is 4. The average Bonchev–Trinajstić information content (AvgIpc) is 2.77. The molecule has 1 aliphatic rings. The number of pyridine rings is 1. The lowest BCUT2D eigenvalue weighted by Gasteiger charge is -2.12. The highest BCUT2D eigenvalue weighted by Crippen LogP contribution is 2.28. The van der Waals surface area contributed by atoms with Crippen LogP contribution < -0.4 is 11.1 Å². The molecule has 92 valence electrons. The van der Waals surface area contributed by atoms with Crippen molar-refractivity contribution in [1.82, 2.24) is 10.3 Å². The van der Waals surface area contributed by atoms with Crippen molar-refractivity contribution in [1.29, 1.82) is 0 Å². The second-order valence-electron chi connectivity index (χ2n) is 4.32. The molecule has 5 heteroatoms. The Labute approximate surface area is 105 Å². The van der Waals surface area contributed by atoms with Crippen LogP contribution in [-0.2, 0) is 0 Å². The second-order valence-corrected chi connectivity index (χ2v) is 5.45. The molecular formula is C12H17N3OS. The van der Waals surface area contributed by atoms with E-state index >= 15 is 0 Å².